The van der Waals surface area contributed by atoms with Crippen LogP contribution in [-0.4, -0.2) is 22.8 Å². The Kier molecular flexibility index (Phi) is 7.41. The van der Waals surface area contributed by atoms with Crippen LogP contribution in [0.15, 0.2) is 66.2 Å². The van der Waals surface area contributed by atoms with Crippen molar-refractivity contribution >= 4 is 58.5 Å². The van der Waals surface area contributed by atoms with Crippen LogP contribution in [0.2, 0.25) is 10.0 Å². The fraction of sp³-hybridized carbons (Fsp3) is 0.324. The maximum atomic E-state index is 13.6. The molecular formula is C34H29Cl2N3O6. The van der Waals surface area contributed by atoms with Crippen molar-refractivity contribution < 1.29 is 24.0 Å². The van der Waals surface area contributed by atoms with Crippen LogP contribution in [0, 0.1) is 27.9 Å². The number of non-ortho nitro benzene ring substituents is 1. The smallest absolute Gasteiger partial charge is 0.335 e. The highest BCUT2D eigenvalue weighted by atomic mass is 35.5. The number of urea groups is 1. The first-order valence-corrected chi connectivity index (χ1v) is 15.7. The molecule has 0 atom stereocenters. The molecule has 1 N–H and O–H groups in total. The summed E-state index contributed by atoms with van der Waals surface area (Å²) in [7, 11) is 0. The maximum Gasteiger partial charge on any atom is 0.335 e. The number of hydrogen-bond acceptors (Lipinski definition) is 6. The molecule has 4 bridgehead atoms. The van der Waals surface area contributed by atoms with E-state index in [2.05, 4.69) is 5.32 Å². The molecular weight excluding hydrogens is 617 g/mol. The molecule has 0 radical (unpaired) electrons. The molecule has 11 heteroatoms. The van der Waals surface area contributed by atoms with Crippen LogP contribution < -0.4 is 15.0 Å². The number of anilines is 1. The van der Waals surface area contributed by atoms with Gasteiger partial charge in [0.05, 0.1) is 20.7 Å². The third-order valence-electron chi connectivity index (χ3n) is 9.74. The zero-order chi connectivity index (χ0) is 31.5. The van der Waals surface area contributed by atoms with E-state index in [9.17, 15) is 24.5 Å². The van der Waals surface area contributed by atoms with Crippen molar-refractivity contribution in [2.24, 2.45) is 17.8 Å². The lowest BCUT2D eigenvalue weighted by Gasteiger charge is -2.57. The van der Waals surface area contributed by atoms with Gasteiger partial charge in [0.1, 0.15) is 12.2 Å². The van der Waals surface area contributed by atoms with Gasteiger partial charge in [-0.1, -0.05) is 35.3 Å². The van der Waals surface area contributed by atoms with Crippen LogP contribution in [0.3, 0.4) is 0 Å². The summed E-state index contributed by atoms with van der Waals surface area (Å²) < 4.78 is 5.76. The second-order valence-electron chi connectivity index (χ2n) is 12.7. The summed E-state index contributed by atoms with van der Waals surface area (Å²) in [4.78, 5) is 50.6. The van der Waals surface area contributed by atoms with Gasteiger partial charge in [0.2, 0.25) is 0 Å². The lowest BCUT2D eigenvalue weighted by molar-refractivity contribution is -0.384. The number of carbonyl (C=O) groups is 3. The predicted octanol–water partition coefficient (Wildman–Crippen LogP) is 7.61. The Morgan fingerprint density at radius 1 is 0.911 bits per heavy atom. The molecule has 1 heterocycles. The minimum atomic E-state index is -0.822. The number of halogens is 2. The van der Waals surface area contributed by atoms with Gasteiger partial charge in [-0.3, -0.25) is 25.0 Å². The van der Waals surface area contributed by atoms with Crippen molar-refractivity contribution in [1.29, 1.82) is 0 Å². The number of nitro groups is 1. The number of imide groups is 2. The van der Waals surface area contributed by atoms with Gasteiger partial charge in [0, 0.05) is 12.1 Å². The Hall–Kier alpha value is -4.21. The molecule has 4 amide bonds. The van der Waals surface area contributed by atoms with Crippen LogP contribution in [0.1, 0.15) is 55.2 Å². The van der Waals surface area contributed by atoms with E-state index in [-0.39, 0.29) is 39.1 Å². The average Bonchev–Trinajstić information content (AvgIpc) is 2.98. The Morgan fingerprint density at radius 2 is 1.49 bits per heavy atom. The largest absolute Gasteiger partial charge is 0.486 e. The summed E-state index contributed by atoms with van der Waals surface area (Å²) in [5.74, 6) is 0.980. The first-order valence-electron chi connectivity index (χ1n) is 15.0. The summed E-state index contributed by atoms with van der Waals surface area (Å²) in [6.45, 7) is 0.0531. The van der Waals surface area contributed by atoms with Gasteiger partial charge >= 0.3 is 6.03 Å². The number of rotatable bonds is 7. The number of barbiturate groups is 1. The average molecular weight is 647 g/mol. The van der Waals surface area contributed by atoms with Gasteiger partial charge in [-0.2, -0.15) is 0 Å². The van der Waals surface area contributed by atoms with Crippen molar-refractivity contribution in [3.8, 4) is 5.75 Å². The van der Waals surface area contributed by atoms with Crippen molar-refractivity contribution in [3.05, 3.63) is 103 Å². The lowest BCUT2D eigenvalue weighted by atomic mass is 9.48. The summed E-state index contributed by atoms with van der Waals surface area (Å²) >= 11 is 12.9. The van der Waals surface area contributed by atoms with Gasteiger partial charge in [-0.25, -0.2) is 9.69 Å². The topological polar surface area (TPSA) is 119 Å². The SMILES string of the molecule is O=C1NC(=O)N(c2ccc(C34CC5CC(CC(C5)C3)C4)cc2)C(=O)/C1=C/c1cc(Cl)c(OCc2ccc([N+](=O)[O-])cc2)c(Cl)c1. The number of nitrogens with one attached hydrogen (secondary N) is 1. The standard InChI is InChI=1S/C34H29Cl2N3O6/c35-28-13-20(14-29(36)30(28)45-18-19-1-5-26(6-2-19)39(43)44)12-27-31(40)37-33(42)38(32(27)41)25-7-3-24(4-8-25)34-15-21-9-22(16-34)11-23(10-21)17-34/h1-8,12-14,21-23H,9-11,15-18H2,(H,37,40,42)/b27-12+. The van der Waals surface area contributed by atoms with E-state index in [0.717, 1.165) is 22.7 Å². The zero-order valence-electron chi connectivity index (χ0n) is 24.1. The number of nitrogens with zero attached hydrogens (tertiary/aromatic N) is 2. The van der Waals surface area contributed by atoms with Crippen molar-refractivity contribution in [3.63, 3.8) is 0 Å². The molecule has 0 aromatic heterocycles. The Bertz CT molecular complexity index is 1710. The number of amides is 4. The van der Waals surface area contributed by atoms with E-state index in [0.29, 0.717) is 16.8 Å². The van der Waals surface area contributed by atoms with E-state index in [4.69, 9.17) is 27.9 Å². The quantitative estimate of drug-likeness (QED) is 0.122. The van der Waals surface area contributed by atoms with Crippen LogP contribution >= 0.6 is 23.2 Å². The van der Waals surface area contributed by atoms with Crippen LogP contribution in [-0.2, 0) is 21.6 Å². The Balaban J connectivity index is 1.09. The van der Waals surface area contributed by atoms with Gasteiger partial charge in [0.25, 0.3) is 17.5 Å². The summed E-state index contributed by atoms with van der Waals surface area (Å²) in [6, 6.07) is 15.7. The highest BCUT2D eigenvalue weighted by Crippen LogP contribution is 2.60. The molecule has 9 nitrogen and oxygen atoms in total. The van der Waals surface area contributed by atoms with Crippen molar-refractivity contribution in [1.82, 2.24) is 5.32 Å². The molecule has 1 saturated heterocycles. The first-order chi connectivity index (χ1) is 21.6. The Morgan fingerprint density at radius 3 is 2.04 bits per heavy atom. The molecule has 0 unspecified atom stereocenters. The van der Waals surface area contributed by atoms with Gasteiger partial charge in [-0.05, 0) is 121 Å². The minimum absolute atomic E-state index is 0.0386. The highest BCUT2D eigenvalue weighted by Gasteiger charge is 2.51. The third-order valence-corrected chi connectivity index (χ3v) is 10.3. The molecule has 45 heavy (non-hydrogen) atoms. The molecule has 1 aliphatic heterocycles. The normalized spacial score (nSPS) is 26.4. The third kappa shape index (κ3) is 5.48. The molecule has 0 spiro atoms. The summed E-state index contributed by atoms with van der Waals surface area (Å²) in [5.41, 5.74) is 2.57. The van der Waals surface area contributed by atoms with Crippen LogP contribution in [0.25, 0.3) is 6.08 Å². The fourth-order valence-electron chi connectivity index (χ4n) is 8.16. The molecule has 4 aliphatic carbocycles. The second-order valence-corrected chi connectivity index (χ2v) is 13.5. The molecule has 8 rings (SSSR count). The van der Waals surface area contributed by atoms with Crippen molar-refractivity contribution in [2.75, 3.05) is 4.90 Å². The van der Waals surface area contributed by atoms with E-state index in [1.54, 1.807) is 24.3 Å². The molecule has 3 aromatic carbocycles. The lowest BCUT2D eigenvalue weighted by Crippen LogP contribution is -2.54. The second kappa shape index (κ2) is 11.3. The number of benzene rings is 3. The Labute approximate surface area is 269 Å². The van der Waals surface area contributed by atoms with E-state index in [1.165, 1.54) is 74.4 Å². The maximum absolute atomic E-state index is 13.6. The van der Waals surface area contributed by atoms with Crippen molar-refractivity contribution in [2.45, 2.75) is 50.5 Å². The van der Waals surface area contributed by atoms with E-state index in [1.807, 2.05) is 12.1 Å². The van der Waals surface area contributed by atoms with Crippen LogP contribution in [0.4, 0.5) is 16.2 Å². The molecule has 3 aromatic rings. The molecule has 5 fully saturated rings. The summed E-state index contributed by atoms with van der Waals surface area (Å²) in [5, 5.41) is 13.4. The van der Waals surface area contributed by atoms with Gasteiger partial charge in [0.15, 0.2) is 5.75 Å². The predicted molar refractivity (Wildman–Crippen MR) is 169 cm³/mol. The van der Waals surface area contributed by atoms with Crippen LogP contribution in [0.5, 0.6) is 5.75 Å². The molecule has 230 valence electrons. The fourth-order valence-corrected chi connectivity index (χ4v) is 8.77. The number of hydrogen-bond donors (Lipinski definition) is 1. The van der Waals surface area contributed by atoms with E-state index < -0.39 is 22.8 Å². The number of nitro benzene ring substituents is 1. The monoisotopic (exact) mass is 645 g/mol. The first kappa shape index (κ1) is 29.5. The molecule has 5 aliphatic rings. The molecule has 4 saturated carbocycles. The highest BCUT2D eigenvalue weighted by molar-refractivity contribution is 6.40. The van der Waals surface area contributed by atoms with Gasteiger partial charge in [-0.15, -0.1) is 0 Å². The van der Waals surface area contributed by atoms with E-state index >= 15 is 0 Å². The number of carbonyl (C=O) groups excluding carboxylic acids is 3. The zero-order valence-corrected chi connectivity index (χ0v) is 25.6. The number of ether oxygens (including phenoxy) is 1. The summed E-state index contributed by atoms with van der Waals surface area (Å²) in [6.07, 6.45) is 8.98. The minimum Gasteiger partial charge on any atom is -0.486 e. The van der Waals surface area contributed by atoms with Gasteiger partial charge < -0.3 is 4.74 Å².